The molecule has 12 heavy (non-hydrogen) atoms. The van der Waals surface area contributed by atoms with Crippen molar-refractivity contribution in [3.8, 4) is 0 Å². The predicted octanol–water partition coefficient (Wildman–Crippen LogP) is 2.97. The predicted molar refractivity (Wildman–Crippen MR) is 52.0 cm³/mol. The van der Waals surface area contributed by atoms with Crippen molar-refractivity contribution >= 4 is 0 Å². The largest absolute Gasteiger partial charge is 0.390 e. The zero-order chi connectivity index (χ0) is 9.19. The van der Waals surface area contributed by atoms with Crippen LogP contribution in [0.2, 0.25) is 0 Å². The standard InChI is InChI=1S/C11H22O/c1-9-5-4-6-10(7-9)8-11(2,3)12/h9-10,12H,4-8H2,1-3H3. The molecule has 2 atom stereocenters. The molecule has 0 aliphatic heterocycles. The Kier molecular flexibility index (Phi) is 3.16. The molecule has 1 aliphatic rings. The van der Waals surface area contributed by atoms with E-state index in [0.717, 1.165) is 18.3 Å². The van der Waals surface area contributed by atoms with E-state index in [0.29, 0.717) is 0 Å². The van der Waals surface area contributed by atoms with Crippen LogP contribution in [0.15, 0.2) is 0 Å². The van der Waals surface area contributed by atoms with Crippen LogP contribution in [0.5, 0.6) is 0 Å². The van der Waals surface area contributed by atoms with Crippen LogP contribution in [0.3, 0.4) is 0 Å². The molecule has 1 nitrogen and oxygen atoms in total. The van der Waals surface area contributed by atoms with Crippen LogP contribution in [-0.2, 0) is 0 Å². The lowest BCUT2D eigenvalue weighted by molar-refractivity contribution is 0.0415. The van der Waals surface area contributed by atoms with E-state index in [4.69, 9.17) is 0 Å². The minimum absolute atomic E-state index is 0.457. The van der Waals surface area contributed by atoms with Gasteiger partial charge in [0.1, 0.15) is 0 Å². The average Bonchev–Trinajstić information content (AvgIpc) is 1.82. The van der Waals surface area contributed by atoms with Gasteiger partial charge in [-0.15, -0.1) is 0 Å². The highest BCUT2D eigenvalue weighted by Crippen LogP contribution is 2.33. The first-order chi connectivity index (χ1) is 5.47. The zero-order valence-corrected chi connectivity index (χ0v) is 8.64. The van der Waals surface area contributed by atoms with Crippen molar-refractivity contribution in [2.75, 3.05) is 0 Å². The Morgan fingerprint density at radius 1 is 1.33 bits per heavy atom. The highest BCUT2D eigenvalue weighted by Gasteiger charge is 2.24. The van der Waals surface area contributed by atoms with Gasteiger partial charge in [-0.1, -0.05) is 26.2 Å². The maximum Gasteiger partial charge on any atom is 0.0594 e. The summed E-state index contributed by atoms with van der Waals surface area (Å²) in [5, 5.41) is 9.66. The molecule has 0 bridgehead atoms. The number of hydrogen-bond acceptors (Lipinski definition) is 1. The molecule has 0 spiro atoms. The Bertz CT molecular complexity index is 134. The second-order valence-electron chi connectivity index (χ2n) is 5.15. The van der Waals surface area contributed by atoms with Crippen molar-refractivity contribution in [1.29, 1.82) is 0 Å². The molecule has 1 aliphatic carbocycles. The Balaban J connectivity index is 2.32. The van der Waals surface area contributed by atoms with Crippen LogP contribution in [0.4, 0.5) is 0 Å². The lowest BCUT2D eigenvalue weighted by Gasteiger charge is -2.31. The van der Waals surface area contributed by atoms with E-state index in [1.165, 1.54) is 25.7 Å². The van der Waals surface area contributed by atoms with Crippen LogP contribution < -0.4 is 0 Å². The fourth-order valence-corrected chi connectivity index (χ4v) is 2.45. The van der Waals surface area contributed by atoms with Crippen LogP contribution in [0.1, 0.15) is 52.9 Å². The van der Waals surface area contributed by atoms with Crippen molar-refractivity contribution in [2.45, 2.75) is 58.5 Å². The van der Waals surface area contributed by atoms with E-state index in [1.807, 2.05) is 13.8 Å². The Morgan fingerprint density at radius 3 is 2.50 bits per heavy atom. The van der Waals surface area contributed by atoms with Crippen molar-refractivity contribution in [3.05, 3.63) is 0 Å². The van der Waals surface area contributed by atoms with Crippen molar-refractivity contribution in [1.82, 2.24) is 0 Å². The van der Waals surface area contributed by atoms with Crippen LogP contribution in [0, 0.1) is 11.8 Å². The second-order valence-corrected chi connectivity index (χ2v) is 5.15. The molecule has 1 saturated carbocycles. The van der Waals surface area contributed by atoms with Gasteiger partial charge in [-0.3, -0.25) is 0 Å². The van der Waals surface area contributed by atoms with E-state index in [-0.39, 0.29) is 0 Å². The van der Waals surface area contributed by atoms with Gasteiger partial charge in [-0.2, -0.15) is 0 Å². The lowest BCUT2D eigenvalue weighted by atomic mass is 9.78. The van der Waals surface area contributed by atoms with Gasteiger partial charge < -0.3 is 5.11 Å². The average molecular weight is 170 g/mol. The molecule has 0 aromatic heterocycles. The van der Waals surface area contributed by atoms with Crippen LogP contribution >= 0.6 is 0 Å². The van der Waals surface area contributed by atoms with E-state index >= 15 is 0 Å². The summed E-state index contributed by atoms with van der Waals surface area (Å²) in [6.45, 7) is 6.18. The Hall–Kier alpha value is -0.0400. The van der Waals surface area contributed by atoms with Gasteiger partial charge in [-0.25, -0.2) is 0 Å². The molecule has 1 fully saturated rings. The molecular formula is C11H22O. The number of rotatable bonds is 2. The molecule has 0 saturated heterocycles. The molecule has 1 rings (SSSR count). The van der Waals surface area contributed by atoms with E-state index in [2.05, 4.69) is 6.92 Å². The van der Waals surface area contributed by atoms with Gasteiger partial charge >= 0.3 is 0 Å². The first-order valence-corrected chi connectivity index (χ1v) is 5.20. The summed E-state index contributed by atoms with van der Waals surface area (Å²) in [5.74, 6) is 1.65. The smallest absolute Gasteiger partial charge is 0.0594 e. The third-order valence-corrected chi connectivity index (χ3v) is 2.83. The molecule has 0 amide bonds. The number of hydrogen-bond donors (Lipinski definition) is 1. The topological polar surface area (TPSA) is 20.2 Å². The Morgan fingerprint density at radius 2 is 2.00 bits per heavy atom. The van der Waals surface area contributed by atoms with Gasteiger partial charge in [0.2, 0.25) is 0 Å². The number of aliphatic hydroxyl groups is 1. The summed E-state index contributed by atoms with van der Waals surface area (Å²) in [4.78, 5) is 0. The molecule has 1 heteroatoms. The zero-order valence-electron chi connectivity index (χ0n) is 8.64. The van der Waals surface area contributed by atoms with E-state index in [9.17, 15) is 5.11 Å². The molecule has 0 heterocycles. The summed E-state index contributed by atoms with van der Waals surface area (Å²) in [6, 6.07) is 0. The molecule has 2 unspecified atom stereocenters. The van der Waals surface area contributed by atoms with Gasteiger partial charge in [0.05, 0.1) is 5.60 Å². The van der Waals surface area contributed by atoms with Crippen molar-refractivity contribution < 1.29 is 5.11 Å². The minimum atomic E-state index is -0.457. The Labute approximate surface area is 76.2 Å². The first-order valence-electron chi connectivity index (χ1n) is 5.20. The van der Waals surface area contributed by atoms with Crippen LogP contribution in [-0.4, -0.2) is 10.7 Å². The summed E-state index contributed by atoms with van der Waals surface area (Å²) in [5.41, 5.74) is -0.457. The van der Waals surface area contributed by atoms with Gasteiger partial charge in [0.15, 0.2) is 0 Å². The third-order valence-electron chi connectivity index (χ3n) is 2.83. The monoisotopic (exact) mass is 170 g/mol. The summed E-state index contributed by atoms with van der Waals surface area (Å²) >= 11 is 0. The minimum Gasteiger partial charge on any atom is -0.390 e. The SMILES string of the molecule is CC1CCCC(CC(C)(C)O)C1. The highest BCUT2D eigenvalue weighted by molar-refractivity contribution is 4.77. The fourth-order valence-electron chi connectivity index (χ4n) is 2.45. The summed E-state index contributed by atoms with van der Waals surface area (Å²) in [6.07, 6.45) is 6.39. The maximum atomic E-state index is 9.66. The quantitative estimate of drug-likeness (QED) is 0.675. The summed E-state index contributed by atoms with van der Waals surface area (Å²) in [7, 11) is 0. The van der Waals surface area contributed by atoms with E-state index in [1.54, 1.807) is 0 Å². The first kappa shape index (κ1) is 10.0. The van der Waals surface area contributed by atoms with Crippen molar-refractivity contribution in [2.24, 2.45) is 11.8 Å². The second kappa shape index (κ2) is 3.78. The molecular weight excluding hydrogens is 148 g/mol. The molecule has 0 aromatic rings. The molecule has 0 aromatic carbocycles. The molecule has 72 valence electrons. The highest BCUT2D eigenvalue weighted by atomic mass is 16.3. The molecule has 1 N–H and O–H groups in total. The van der Waals surface area contributed by atoms with Gasteiger partial charge in [-0.05, 0) is 38.5 Å². The maximum absolute atomic E-state index is 9.66. The fraction of sp³-hybridized carbons (Fsp3) is 1.00. The normalized spacial score (nSPS) is 32.0. The van der Waals surface area contributed by atoms with Gasteiger partial charge in [0.25, 0.3) is 0 Å². The van der Waals surface area contributed by atoms with Crippen LogP contribution in [0.25, 0.3) is 0 Å². The lowest BCUT2D eigenvalue weighted by Crippen LogP contribution is -2.26. The van der Waals surface area contributed by atoms with Gasteiger partial charge in [0, 0.05) is 0 Å². The third kappa shape index (κ3) is 3.57. The van der Waals surface area contributed by atoms with Crippen molar-refractivity contribution in [3.63, 3.8) is 0 Å². The summed E-state index contributed by atoms with van der Waals surface area (Å²) < 4.78 is 0. The van der Waals surface area contributed by atoms with E-state index < -0.39 is 5.60 Å². The molecule has 0 radical (unpaired) electrons.